The van der Waals surface area contributed by atoms with E-state index in [9.17, 15) is 9.59 Å². The van der Waals surface area contributed by atoms with Gasteiger partial charge in [0.05, 0.1) is 6.10 Å². The molecular formula is C50H72INO6Si2. The molecule has 0 radical (unpaired) electrons. The number of benzene rings is 2. The molecule has 0 bridgehead atoms. The summed E-state index contributed by atoms with van der Waals surface area (Å²) in [7, 11) is -5.37. The summed E-state index contributed by atoms with van der Waals surface area (Å²) in [5.74, 6) is -0.336. The molecule has 1 aliphatic heterocycles. The first-order chi connectivity index (χ1) is 28.2. The highest BCUT2D eigenvalue weighted by molar-refractivity contribution is 14.1. The van der Waals surface area contributed by atoms with Crippen LogP contribution in [0.4, 0.5) is 4.79 Å². The zero-order valence-corrected chi connectivity index (χ0v) is 42.2. The second-order valence-electron chi connectivity index (χ2n) is 18.6. The molecule has 7 nitrogen and oxygen atoms in total. The Labute approximate surface area is 378 Å². The van der Waals surface area contributed by atoms with Gasteiger partial charge in [-0.15, -0.1) is 0 Å². The summed E-state index contributed by atoms with van der Waals surface area (Å²) in [6.45, 7) is 24.2. The zero-order chi connectivity index (χ0) is 44.6. The molecule has 10 heteroatoms. The monoisotopic (exact) mass is 965 g/mol. The Morgan fingerprint density at radius 3 is 2.07 bits per heavy atom. The van der Waals surface area contributed by atoms with Gasteiger partial charge in [-0.25, -0.2) is 9.59 Å². The maximum Gasteiger partial charge on any atom is 0.404 e. The third-order valence-electron chi connectivity index (χ3n) is 11.6. The minimum Gasteiger partial charge on any atom is -0.458 e. The topological polar surface area (TPSA) is 97.1 Å². The van der Waals surface area contributed by atoms with Gasteiger partial charge in [0.2, 0.25) is 0 Å². The van der Waals surface area contributed by atoms with Crippen LogP contribution in [0.15, 0.2) is 131 Å². The number of carbonyl (C=O) groups excluding carboxylic acids is 2. The number of esters is 1. The molecule has 2 N–H and O–H groups in total. The van der Waals surface area contributed by atoms with Crippen molar-refractivity contribution in [2.45, 2.75) is 148 Å². The Hall–Kier alpha value is -3.30. The Morgan fingerprint density at radius 2 is 1.52 bits per heavy atom. The molecule has 5 atom stereocenters. The van der Waals surface area contributed by atoms with Gasteiger partial charge in [0.25, 0.3) is 8.32 Å². The Kier molecular flexibility index (Phi) is 20.2. The molecule has 60 heavy (non-hydrogen) atoms. The van der Waals surface area contributed by atoms with Gasteiger partial charge < -0.3 is 24.1 Å². The summed E-state index contributed by atoms with van der Waals surface area (Å²) < 4.78 is 28.9. The number of primary amides is 1. The number of hydrogen-bond acceptors (Lipinski definition) is 6. The molecule has 0 spiro atoms. The highest BCUT2D eigenvalue weighted by atomic mass is 127. The molecule has 0 aromatic heterocycles. The number of rotatable bonds is 10. The van der Waals surface area contributed by atoms with Crippen LogP contribution >= 0.6 is 22.6 Å². The van der Waals surface area contributed by atoms with Gasteiger partial charge in [-0.2, -0.15) is 0 Å². The van der Waals surface area contributed by atoms with E-state index in [-0.39, 0.29) is 34.2 Å². The lowest BCUT2D eigenvalue weighted by atomic mass is 9.95. The summed E-state index contributed by atoms with van der Waals surface area (Å²) in [6.07, 6.45) is 19.1. The SMILES string of the molecule is CC(/C=C/I)=C\[C@@H](C)[C@H]1C/C(C)=C/C=C/CC[C@H](OC(N)=O)[C@@H](O[Si](c2ccccc2)(c2ccccc2)C(C)(C)C)/C=C/[C@@H](O[Si](C)(C)C(C)(C)C)CCC/C=C/C(=O)O1. The first-order valence-corrected chi connectivity index (χ1v) is 27.5. The van der Waals surface area contributed by atoms with E-state index in [1.54, 1.807) is 6.08 Å². The van der Waals surface area contributed by atoms with Gasteiger partial charge >= 0.3 is 12.1 Å². The fourth-order valence-electron chi connectivity index (χ4n) is 7.35. The average molecular weight is 966 g/mol. The summed E-state index contributed by atoms with van der Waals surface area (Å²) in [6, 6.07) is 21.0. The Balaban J connectivity index is 2.22. The van der Waals surface area contributed by atoms with Crippen LogP contribution in [-0.4, -0.2) is 53.1 Å². The smallest absolute Gasteiger partial charge is 0.404 e. The number of cyclic esters (lactones) is 1. The molecule has 0 fully saturated rings. The van der Waals surface area contributed by atoms with Gasteiger partial charge in [-0.1, -0.05) is 191 Å². The molecular weight excluding hydrogens is 894 g/mol. The average Bonchev–Trinajstić information content (AvgIpc) is 3.16. The van der Waals surface area contributed by atoms with E-state index in [0.29, 0.717) is 25.7 Å². The van der Waals surface area contributed by atoms with Crippen LogP contribution in [0.5, 0.6) is 0 Å². The first-order valence-electron chi connectivity index (χ1n) is 21.5. The zero-order valence-electron chi connectivity index (χ0n) is 38.1. The van der Waals surface area contributed by atoms with Crippen molar-refractivity contribution in [3.05, 3.63) is 131 Å². The number of amides is 1. The fourth-order valence-corrected chi connectivity index (χ4v) is 13.9. The van der Waals surface area contributed by atoms with Crippen LogP contribution in [0.3, 0.4) is 0 Å². The van der Waals surface area contributed by atoms with Gasteiger partial charge in [0.1, 0.15) is 18.3 Å². The molecule has 3 rings (SSSR count). The predicted molar refractivity (Wildman–Crippen MR) is 264 cm³/mol. The molecule has 2 aromatic carbocycles. The molecule has 1 aliphatic rings. The maximum absolute atomic E-state index is 13.2. The van der Waals surface area contributed by atoms with Crippen LogP contribution in [0.25, 0.3) is 0 Å². The Morgan fingerprint density at radius 1 is 0.900 bits per heavy atom. The third-order valence-corrected chi connectivity index (χ3v) is 21.5. The standard InChI is InChI=1S/C50H72INO6Si2/c1-38-24-16-12-22-30-44(56-48(52)54)45(58-60(50(7,8)9,42-26-18-14-19-27-42)43-28-20-15-21-29-43)33-32-41(57-59(10,11)49(4,5)6)25-17-13-23-31-47(53)55-46(37-38)40(3)36-39(2)34-35-51/h12,14-16,18-21,23-24,26-29,31-36,40-41,44-46H,13,17,22,25,30,37H2,1-11H3,(H2,52,54)/b16-12+,31-23+,33-32+,35-34+,38-24+,39-36+/t40-,41+,44+,45+,46-/m1/s1. The van der Waals surface area contributed by atoms with Gasteiger partial charge in [0, 0.05) is 18.4 Å². The van der Waals surface area contributed by atoms with E-state index >= 15 is 0 Å². The summed E-state index contributed by atoms with van der Waals surface area (Å²) in [5, 5.41) is 1.90. The van der Waals surface area contributed by atoms with Crippen LogP contribution in [0.1, 0.15) is 101 Å². The van der Waals surface area contributed by atoms with Gasteiger partial charge in [0.15, 0.2) is 8.32 Å². The van der Waals surface area contributed by atoms with Crippen LogP contribution in [-0.2, 0) is 23.1 Å². The summed E-state index contributed by atoms with van der Waals surface area (Å²) in [4.78, 5) is 26.0. The van der Waals surface area contributed by atoms with Crippen molar-refractivity contribution in [3.8, 4) is 0 Å². The highest BCUT2D eigenvalue weighted by Gasteiger charge is 2.52. The van der Waals surface area contributed by atoms with E-state index in [2.05, 4.69) is 177 Å². The van der Waals surface area contributed by atoms with Crippen LogP contribution < -0.4 is 16.1 Å². The van der Waals surface area contributed by atoms with E-state index in [1.165, 1.54) is 0 Å². The van der Waals surface area contributed by atoms with Crippen molar-refractivity contribution in [1.29, 1.82) is 0 Å². The number of allylic oxidation sites excluding steroid dienone is 6. The van der Waals surface area contributed by atoms with E-state index in [4.69, 9.17) is 24.1 Å². The van der Waals surface area contributed by atoms with Crippen molar-refractivity contribution in [2.75, 3.05) is 0 Å². The van der Waals surface area contributed by atoms with Crippen molar-refractivity contribution in [3.63, 3.8) is 0 Å². The number of nitrogens with two attached hydrogens (primary N) is 1. The molecule has 0 aliphatic carbocycles. The minimum atomic E-state index is -3.12. The lowest BCUT2D eigenvalue weighted by molar-refractivity contribution is -0.144. The second kappa shape index (κ2) is 23.8. The van der Waals surface area contributed by atoms with Crippen molar-refractivity contribution in [1.82, 2.24) is 0 Å². The molecule has 1 heterocycles. The predicted octanol–water partition coefficient (Wildman–Crippen LogP) is 12.2. The quantitative estimate of drug-likeness (QED) is 0.0838. The minimum absolute atomic E-state index is 0.000602. The van der Waals surface area contributed by atoms with Gasteiger partial charge in [-0.3, -0.25) is 0 Å². The molecule has 0 saturated heterocycles. The molecule has 0 unspecified atom stereocenters. The van der Waals surface area contributed by atoms with E-state index in [0.717, 1.165) is 34.4 Å². The largest absolute Gasteiger partial charge is 0.458 e. The third kappa shape index (κ3) is 15.6. The van der Waals surface area contributed by atoms with E-state index in [1.807, 2.05) is 34.4 Å². The molecule has 2 aromatic rings. The van der Waals surface area contributed by atoms with Crippen molar-refractivity contribution >= 4 is 61.7 Å². The van der Waals surface area contributed by atoms with E-state index < -0.39 is 34.9 Å². The summed E-state index contributed by atoms with van der Waals surface area (Å²) >= 11 is 2.21. The number of hydrogen-bond donors (Lipinski definition) is 1. The lowest BCUT2D eigenvalue weighted by Gasteiger charge is -2.45. The molecule has 0 saturated carbocycles. The van der Waals surface area contributed by atoms with Crippen molar-refractivity contribution < 1.29 is 27.9 Å². The van der Waals surface area contributed by atoms with Crippen LogP contribution in [0, 0.1) is 5.92 Å². The molecule has 328 valence electrons. The summed E-state index contributed by atoms with van der Waals surface area (Å²) in [5.41, 5.74) is 8.06. The second-order valence-corrected chi connectivity index (χ2v) is 28.3. The first kappa shape index (κ1) is 51.1. The normalized spacial score (nSPS) is 24.4. The highest BCUT2D eigenvalue weighted by Crippen LogP contribution is 2.40. The van der Waals surface area contributed by atoms with Crippen LogP contribution in [0.2, 0.25) is 23.2 Å². The van der Waals surface area contributed by atoms with Gasteiger partial charge in [-0.05, 0) is 83.6 Å². The fraction of sp³-hybridized carbons (Fsp3) is 0.480. The number of carbonyl (C=O) groups is 2. The molecule has 1 amide bonds. The lowest BCUT2D eigenvalue weighted by Crippen LogP contribution is -2.68. The Bertz CT molecular complexity index is 1800. The maximum atomic E-state index is 13.2. The van der Waals surface area contributed by atoms with Crippen molar-refractivity contribution in [2.24, 2.45) is 11.7 Å². The number of halogens is 1. The number of ether oxygens (including phenoxy) is 2.